The van der Waals surface area contributed by atoms with E-state index in [1.165, 1.54) is 5.56 Å². The molecule has 146 valence electrons. The van der Waals surface area contributed by atoms with Crippen LogP contribution >= 0.6 is 22.6 Å². The summed E-state index contributed by atoms with van der Waals surface area (Å²) in [6, 6.07) is 10.2. The van der Waals surface area contributed by atoms with E-state index >= 15 is 0 Å². The minimum absolute atomic E-state index is 0.0908. The van der Waals surface area contributed by atoms with Crippen LogP contribution in [0.4, 0.5) is 0 Å². The number of alkyl halides is 1. The summed E-state index contributed by atoms with van der Waals surface area (Å²) in [6.45, 7) is 9.81. The number of hydrogen-bond acceptors (Lipinski definition) is 4. The molecule has 1 unspecified atom stereocenters. The second-order valence-electron chi connectivity index (χ2n) is 7.42. The van der Waals surface area contributed by atoms with E-state index in [9.17, 15) is 4.79 Å². The van der Waals surface area contributed by atoms with Crippen molar-refractivity contribution in [3.05, 3.63) is 35.9 Å². The van der Waals surface area contributed by atoms with Gasteiger partial charge in [-0.25, -0.2) is 0 Å². The zero-order chi connectivity index (χ0) is 19.2. The van der Waals surface area contributed by atoms with Gasteiger partial charge in [0, 0.05) is 5.92 Å². The van der Waals surface area contributed by atoms with E-state index in [1.807, 2.05) is 32.0 Å². The van der Waals surface area contributed by atoms with Crippen molar-refractivity contribution in [1.29, 1.82) is 0 Å². The van der Waals surface area contributed by atoms with E-state index in [2.05, 4.69) is 48.6 Å². The zero-order valence-electron chi connectivity index (χ0n) is 16.2. The SMILES string of the molecule is CCOC(=O)C(C)(I)[C@@H]1CC[C@H](C)[C@H]([C@@H](C)COCc2ccccc2)O1. The lowest BCUT2D eigenvalue weighted by Crippen LogP contribution is -2.50. The average Bonchev–Trinajstić information content (AvgIpc) is 2.63. The molecule has 1 aliphatic heterocycles. The van der Waals surface area contributed by atoms with Gasteiger partial charge >= 0.3 is 5.97 Å². The van der Waals surface area contributed by atoms with Gasteiger partial charge in [0.05, 0.1) is 32.0 Å². The van der Waals surface area contributed by atoms with Gasteiger partial charge in [0.2, 0.25) is 0 Å². The normalized spacial score (nSPS) is 26.7. The quantitative estimate of drug-likeness (QED) is 0.309. The Morgan fingerprint density at radius 1 is 1.35 bits per heavy atom. The zero-order valence-corrected chi connectivity index (χ0v) is 18.4. The van der Waals surface area contributed by atoms with Crippen LogP contribution < -0.4 is 0 Å². The predicted octanol–water partition coefficient (Wildman–Crippen LogP) is 4.78. The first-order chi connectivity index (χ1) is 12.4. The molecule has 0 saturated carbocycles. The van der Waals surface area contributed by atoms with E-state index in [4.69, 9.17) is 14.2 Å². The molecule has 0 amide bonds. The van der Waals surface area contributed by atoms with Crippen molar-refractivity contribution < 1.29 is 19.0 Å². The summed E-state index contributed by atoms with van der Waals surface area (Å²) in [5.74, 6) is 0.536. The fourth-order valence-electron chi connectivity index (χ4n) is 3.50. The summed E-state index contributed by atoms with van der Waals surface area (Å²) >= 11 is 2.19. The van der Waals surface area contributed by atoms with Crippen molar-refractivity contribution in [2.24, 2.45) is 11.8 Å². The molecule has 1 aromatic carbocycles. The number of rotatable bonds is 8. The number of ether oxygens (including phenoxy) is 3. The van der Waals surface area contributed by atoms with E-state index in [1.54, 1.807) is 0 Å². The number of carbonyl (C=O) groups is 1. The molecule has 1 heterocycles. The smallest absolute Gasteiger partial charge is 0.324 e. The van der Waals surface area contributed by atoms with Crippen molar-refractivity contribution in [3.8, 4) is 0 Å². The van der Waals surface area contributed by atoms with Crippen molar-refractivity contribution in [2.45, 2.75) is 62.8 Å². The van der Waals surface area contributed by atoms with E-state index in [0.717, 1.165) is 12.8 Å². The van der Waals surface area contributed by atoms with Crippen LogP contribution in [0, 0.1) is 11.8 Å². The Morgan fingerprint density at radius 2 is 2.04 bits per heavy atom. The van der Waals surface area contributed by atoms with Crippen LogP contribution in [0.15, 0.2) is 30.3 Å². The molecule has 0 bridgehead atoms. The number of benzene rings is 1. The fraction of sp³-hybridized carbons (Fsp3) is 0.667. The first-order valence-electron chi connectivity index (χ1n) is 9.49. The average molecular weight is 474 g/mol. The molecule has 4 nitrogen and oxygen atoms in total. The van der Waals surface area contributed by atoms with Crippen LogP contribution in [0.5, 0.6) is 0 Å². The first kappa shape index (κ1) is 21.6. The highest BCUT2D eigenvalue weighted by atomic mass is 127. The third kappa shape index (κ3) is 5.67. The molecule has 1 aromatic rings. The van der Waals surface area contributed by atoms with Gasteiger partial charge in [-0.15, -0.1) is 0 Å². The van der Waals surface area contributed by atoms with Gasteiger partial charge in [-0.1, -0.05) is 66.8 Å². The van der Waals surface area contributed by atoms with E-state index in [-0.39, 0.29) is 24.1 Å². The molecule has 5 heteroatoms. The minimum Gasteiger partial charge on any atom is -0.465 e. The molecule has 0 spiro atoms. The highest BCUT2D eigenvalue weighted by molar-refractivity contribution is 14.1. The molecule has 0 radical (unpaired) electrons. The Bertz CT molecular complexity index is 560. The molecular formula is C21H31IO4. The van der Waals surface area contributed by atoms with Gasteiger partial charge in [0.15, 0.2) is 0 Å². The lowest BCUT2D eigenvalue weighted by molar-refractivity contribution is -0.160. The lowest BCUT2D eigenvalue weighted by Gasteiger charge is -2.42. The van der Waals surface area contributed by atoms with E-state index in [0.29, 0.717) is 25.7 Å². The summed E-state index contributed by atoms with van der Waals surface area (Å²) in [4.78, 5) is 12.3. The Balaban J connectivity index is 1.91. The third-order valence-corrected chi connectivity index (χ3v) is 6.23. The lowest BCUT2D eigenvalue weighted by atomic mass is 9.84. The summed E-state index contributed by atoms with van der Waals surface area (Å²) in [7, 11) is 0. The van der Waals surface area contributed by atoms with Crippen LogP contribution in [0.3, 0.4) is 0 Å². The molecule has 0 aromatic heterocycles. The van der Waals surface area contributed by atoms with Crippen LogP contribution in [-0.2, 0) is 25.6 Å². The van der Waals surface area contributed by atoms with Crippen molar-refractivity contribution in [2.75, 3.05) is 13.2 Å². The van der Waals surface area contributed by atoms with Gasteiger partial charge < -0.3 is 14.2 Å². The maximum absolute atomic E-state index is 12.3. The Labute approximate surface area is 171 Å². The maximum Gasteiger partial charge on any atom is 0.324 e. The van der Waals surface area contributed by atoms with Crippen LogP contribution in [0.1, 0.15) is 46.1 Å². The van der Waals surface area contributed by atoms with Crippen LogP contribution in [0.25, 0.3) is 0 Å². The van der Waals surface area contributed by atoms with E-state index < -0.39 is 3.42 Å². The molecule has 0 N–H and O–H groups in total. The molecule has 0 aliphatic carbocycles. The molecular weight excluding hydrogens is 443 g/mol. The Morgan fingerprint density at radius 3 is 2.69 bits per heavy atom. The van der Waals surface area contributed by atoms with Gasteiger partial charge in [-0.05, 0) is 38.2 Å². The van der Waals surface area contributed by atoms with Gasteiger partial charge in [0.1, 0.15) is 3.42 Å². The van der Waals surface area contributed by atoms with Gasteiger partial charge in [0.25, 0.3) is 0 Å². The predicted molar refractivity (Wildman–Crippen MR) is 111 cm³/mol. The minimum atomic E-state index is -0.656. The van der Waals surface area contributed by atoms with Crippen molar-refractivity contribution in [1.82, 2.24) is 0 Å². The summed E-state index contributed by atoms with van der Waals surface area (Å²) < 4.78 is 16.9. The number of halogens is 1. The number of hydrogen-bond donors (Lipinski definition) is 0. The highest BCUT2D eigenvalue weighted by Crippen LogP contribution is 2.38. The molecule has 26 heavy (non-hydrogen) atoms. The van der Waals surface area contributed by atoms with Crippen LogP contribution in [0.2, 0.25) is 0 Å². The van der Waals surface area contributed by atoms with Crippen molar-refractivity contribution in [3.63, 3.8) is 0 Å². The van der Waals surface area contributed by atoms with Crippen LogP contribution in [-0.4, -0.2) is 34.8 Å². The monoisotopic (exact) mass is 474 g/mol. The first-order valence-corrected chi connectivity index (χ1v) is 10.6. The number of carbonyl (C=O) groups excluding carboxylic acids is 1. The molecule has 5 atom stereocenters. The molecule has 1 aliphatic rings. The second-order valence-corrected chi connectivity index (χ2v) is 9.66. The fourth-order valence-corrected chi connectivity index (χ4v) is 4.11. The summed E-state index contributed by atoms with van der Waals surface area (Å²) in [6.07, 6.45) is 1.90. The third-order valence-electron chi connectivity index (χ3n) is 5.10. The molecule has 2 rings (SSSR count). The molecule has 1 fully saturated rings. The Hall–Kier alpha value is -0.660. The van der Waals surface area contributed by atoms with Crippen molar-refractivity contribution >= 4 is 28.6 Å². The maximum atomic E-state index is 12.3. The summed E-state index contributed by atoms with van der Waals surface area (Å²) in [5.41, 5.74) is 1.18. The Kier molecular flexibility index (Phi) is 8.36. The molecule has 1 saturated heterocycles. The van der Waals surface area contributed by atoms with Gasteiger partial charge in [-0.2, -0.15) is 0 Å². The number of esters is 1. The van der Waals surface area contributed by atoms with Gasteiger partial charge in [-0.3, -0.25) is 4.79 Å². The standard InChI is InChI=1S/C21H31IO4/c1-5-25-20(23)21(4,22)18-12-11-15(2)19(26-18)16(3)13-24-14-17-9-7-6-8-10-17/h6-10,15-16,18-19H,5,11-14H2,1-4H3/t15-,16-,18-,19+,21?/m0/s1. The second kappa shape index (κ2) is 10.0. The summed E-state index contributed by atoms with van der Waals surface area (Å²) in [5, 5.41) is 0. The highest BCUT2D eigenvalue weighted by Gasteiger charge is 2.45. The largest absolute Gasteiger partial charge is 0.465 e. The topological polar surface area (TPSA) is 44.8 Å².